The Morgan fingerprint density at radius 1 is 1.12 bits per heavy atom. The normalized spacial score (nSPS) is 13.0. The quantitative estimate of drug-likeness (QED) is 0.186. The number of anilines is 1. The van der Waals surface area contributed by atoms with Gasteiger partial charge in [-0.2, -0.15) is 0 Å². The number of ether oxygens (including phenoxy) is 2. The van der Waals surface area contributed by atoms with Crippen LogP contribution in [0.5, 0.6) is 0 Å². The Morgan fingerprint density at radius 2 is 1.78 bits per heavy atom. The van der Waals surface area contributed by atoms with Gasteiger partial charge in [-0.05, 0) is 43.0 Å². The largest absolute Gasteiger partial charge is 0.494 e. The third-order valence-corrected chi connectivity index (χ3v) is 4.80. The van der Waals surface area contributed by atoms with Gasteiger partial charge in [0.15, 0.2) is 6.35 Å². The summed E-state index contributed by atoms with van der Waals surface area (Å²) in [7, 11) is 1.51. The van der Waals surface area contributed by atoms with E-state index in [2.05, 4.69) is 22.5 Å². The van der Waals surface area contributed by atoms with Crippen LogP contribution < -0.4 is 21.7 Å². The molecule has 180 valence electrons. The van der Waals surface area contributed by atoms with Crippen LogP contribution in [-0.2, 0) is 25.7 Å². The van der Waals surface area contributed by atoms with Crippen molar-refractivity contribution in [2.75, 3.05) is 19.0 Å². The Balaban J connectivity index is 2.68. The number of carbonyl (C=O) groups excluding carboxylic acids is 2. The number of nitrogens with one attached hydrogen (secondary N) is 3. The number of allylic oxidation sites excluding steroid dienone is 1. The summed E-state index contributed by atoms with van der Waals surface area (Å²) in [6, 6.07) is 6.79. The molecule has 0 radical (unpaired) electrons. The molecule has 0 heterocycles. The Morgan fingerprint density at radius 3 is 2.34 bits per heavy atom. The predicted octanol–water partition coefficient (Wildman–Crippen LogP) is 3.10. The summed E-state index contributed by atoms with van der Waals surface area (Å²) in [4.78, 5) is 25.1. The maximum atomic E-state index is 12.9. The molecule has 0 saturated heterocycles. The van der Waals surface area contributed by atoms with Gasteiger partial charge in [0.1, 0.15) is 12.6 Å². The summed E-state index contributed by atoms with van der Waals surface area (Å²) in [5, 5.41) is 8.73. The Kier molecular flexibility index (Phi) is 12.6. The van der Waals surface area contributed by atoms with E-state index in [9.17, 15) is 9.59 Å². The predicted molar refractivity (Wildman–Crippen MR) is 127 cm³/mol. The minimum absolute atomic E-state index is 0.139. The average Bonchev–Trinajstić information content (AvgIpc) is 2.74. The molecule has 0 unspecified atom stereocenters. The van der Waals surface area contributed by atoms with Crippen LogP contribution in [0.2, 0.25) is 0 Å². The number of methoxy groups -OCH3 is 1. The molecule has 8 heteroatoms. The first-order valence-corrected chi connectivity index (χ1v) is 11.1. The van der Waals surface area contributed by atoms with Crippen molar-refractivity contribution in [1.82, 2.24) is 10.6 Å². The number of carbonyl (C=O) groups is 2. The van der Waals surface area contributed by atoms with Crippen molar-refractivity contribution in [2.45, 2.75) is 66.0 Å². The van der Waals surface area contributed by atoms with Gasteiger partial charge in [-0.3, -0.25) is 20.6 Å². The van der Waals surface area contributed by atoms with Gasteiger partial charge in [0.05, 0.1) is 5.76 Å². The van der Waals surface area contributed by atoms with Gasteiger partial charge in [0.25, 0.3) is 0 Å². The zero-order valence-corrected chi connectivity index (χ0v) is 20.1. The van der Waals surface area contributed by atoms with Crippen LogP contribution >= 0.6 is 0 Å². The van der Waals surface area contributed by atoms with Crippen LogP contribution in [0.25, 0.3) is 0 Å². The van der Waals surface area contributed by atoms with Gasteiger partial charge in [-0.15, -0.1) is 0 Å². The number of nitrogens with two attached hydrogens (primary N) is 1. The second kappa shape index (κ2) is 14.6. The molecule has 2 amide bonds. The number of benzene rings is 1. The zero-order chi connectivity index (χ0) is 24.1. The SMILES string of the molecule is C=C(OCc1ccc(NC(=O)[C@H](CCCN[C@H](N)OC)NC(=O)CC(C)C)cc1)C(C)C. The fourth-order valence-corrected chi connectivity index (χ4v) is 2.78. The molecule has 0 fully saturated rings. The van der Waals surface area contributed by atoms with Gasteiger partial charge in [0.2, 0.25) is 11.8 Å². The fourth-order valence-electron chi connectivity index (χ4n) is 2.78. The smallest absolute Gasteiger partial charge is 0.246 e. The summed E-state index contributed by atoms with van der Waals surface area (Å²) in [5.74, 6) is 0.816. The zero-order valence-electron chi connectivity index (χ0n) is 20.1. The van der Waals surface area contributed by atoms with Crippen LogP contribution in [0.15, 0.2) is 36.6 Å². The molecular formula is C24H40N4O4. The van der Waals surface area contributed by atoms with Crippen molar-refractivity contribution in [3.8, 4) is 0 Å². The summed E-state index contributed by atoms with van der Waals surface area (Å²) in [6.07, 6.45) is 0.931. The lowest BCUT2D eigenvalue weighted by molar-refractivity contribution is -0.127. The van der Waals surface area contributed by atoms with E-state index in [4.69, 9.17) is 15.2 Å². The van der Waals surface area contributed by atoms with Crippen molar-refractivity contribution >= 4 is 17.5 Å². The van der Waals surface area contributed by atoms with Gasteiger partial charge in [-0.1, -0.05) is 46.4 Å². The molecule has 0 aliphatic rings. The number of hydrogen-bond acceptors (Lipinski definition) is 6. The highest BCUT2D eigenvalue weighted by atomic mass is 16.5. The van der Waals surface area contributed by atoms with Crippen LogP contribution in [0.3, 0.4) is 0 Å². The van der Waals surface area contributed by atoms with Crippen LogP contribution in [0.4, 0.5) is 5.69 Å². The van der Waals surface area contributed by atoms with E-state index in [0.29, 0.717) is 38.1 Å². The van der Waals surface area contributed by atoms with Gasteiger partial charge < -0.3 is 20.1 Å². The third-order valence-electron chi connectivity index (χ3n) is 4.80. The summed E-state index contributed by atoms with van der Waals surface area (Å²) in [6.45, 7) is 12.9. The van der Waals surface area contributed by atoms with E-state index in [-0.39, 0.29) is 23.7 Å². The van der Waals surface area contributed by atoms with E-state index in [1.165, 1.54) is 7.11 Å². The van der Waals surface area contributed by atoms with Crippen molar-refractivity contribution < 1.29 is 19.1 Å². The van der Waals surface area contributed by atoms with E-state index >= 15 is 0 Å². The third kappa shape index (κ3) is 11.3. The number of rotatable bonds is 15. The summed E-state index contributed by atoms with van der Waals surface area (Å²) < 4.78 is 10.6. The molecule has 0 aliphatic carbocycles. The summed E-state index contributed by atoms with van der Waals surface area (Å²) in [5.41, 5.74) is 7.29. The molecule has 32 heavy (non-hydrogen) atoms. The maximum Gasteiger partial charge on any atom is 0.246 e. The summed E-state index contributed by atoms with van der Waals surface area (Å²) >= 11 is 0. The molecular weight excluding hydrogens is 408 g/mol. The first kappa shape index (κ1) is 27.6. The Hall–Kier alpha value is -2.42. The lowest BCUT2D eigenvalue weighted by Gasteiger charge is -2.20. The topological polar surface area (TPSA) is 115 Å². The molecule has 1 aromatic carbocycles. The average molecular weight is 449 g/mol. The second-order valence-electron chi connectivity index (χ2n) is 8.57. The molecule has 0 spiro atoms. The lowest BCUT2D eigenvalue weighted by Crippen LogP contribution is -2.45. The first-order valence-electron chi connectivity index (χ1n) is 11.1. The first-order chi connectivity index (χ1) is 15.1. The monoisotopic (exact) mass is 448 g/mol. The highest BCUT2D eigenvalue weighted by Gasteiger charge is 2.21. The van der Waals surface area contributed by atoms with E-state index in [0.717, 1.165) is 11.3 Å². The van der Waals surface area contributed by atoms with E-state index in [1.54, 1.807) is 0 Å². The lowest BCUT2D eigenvalue weighted by atomic mass is 10.1. The highest BCUT2D eigenvalue weighted by molar-refractivity contribution is 5.97. The number of hydrogen-bond donors (Lipinski definition) is 4. The van der Waals surface area contributed by atoms with Gasteiger partial charge in [-0.25, -0.2) is 0 Å². The molecule has 2 atom stereocenters. The van der Waals surface area contributed by atoms with E-state index in [1.807, 2.05) is 52.0 Å². The van der Waals surface area contributed by atoms with Crippen LogP contribution in [0.1, 0.15) is 52.5 Å². The highest BCUT2D eigenvalue weighted by Crippen LogP contribution is 2.15. The molecule has 0 aromatic heterocycles. The van der Waals surface area contributed by atoms with Crippen molar-refractivity contribution in [3.63, 3.8) is 0 Å². The molecule has 1 aromatic rings. The minimum Gasteiger partial charge on any atom is -0.494 e. The van der Waals surface area contributed by atoms with Crippen LogP contribution in [0, 0.1) is 11.8 Å². The fraction of sp³-hybridized carbons (Fsp3) is 0.583. The molecule has 8 nitrogen and oxygen atoms in total. The van der Waals surface area contributed by atoms with Crippen LogP contribution in [-0.4, -0.2) is 37.9 Å². The van der Waals surface area contributed by atoms with Crippen molar-refractivity contribution in [2.24, 2.45) is 17.6 Å². The van der Waals surface area contributed by atoms with Crippen molar-refractivity contribution in [1.29, 1.82) is 0 Å². The number of amides is 2. The van der Waals surface area contributed by atoms with Crippen molar-refractivity contribution in [3.05, 3.63) is 42.2 Å². The molecule has 0 bridgehead atoms. The Labute approximate surface area is 192 Å². The van der Waals surface area contributed by atoms with E-state index < -0.39 is 12.4 Å². The maximum absolute atomic E-state index is 12.9. The minimum atomic E-state index is -0.640. The molecule has 0 aliphatic heterocycles. The standard InChI is InChI=1S/C24H40N4O4/c1-16(2)14-22(29)28-21(8-7-13-26-24(25)31-6)23(30)27-20-11-9-19(10-12-20)15-32-18(5)17(3)4/h9-12,16-17,21,24,26H,5,7-8,13-15,25H2,1-4,6H3,(H,27,30)(H,28,29)/t21-,24-/m0/s1. The van der Waals surface area contributed by atoms with Gasteiger partial charge >= 0.3 is 0 Å². The Bertz CT molecular complexity index is 719. The molecule has 0 saturated carbocycles. The van der Waals surface area contributed by atoms with Gasteiger partial charge in [0, 0.05) is 25.1 Å². The molecule has 1 rings (SSSR count). The molecule has 5 N–H and O–H groups in total. The second-order valence-corrected chi connectivity index (χ2v) is 8.57.